The van der Waals surface area contributed by atoms with Gasteiger partial charge in [-0.15, -0.1) is 0 Å². The first-order valence-electron chi connectivity index (χ1n) is 7.64. The highest BCUT2D eigenvalue weighted by Gasteiger charge is 2.24. The first kappa shape index (κ1) is 17.7. The number of hydrogen-bond donors (Lipinski definition) is 2. The number of H-pyrrole nitrogens is 1. The van der Waals surface area contributed by atoms with E-state index in [1.165, 1.54) is 12.3 Å². The van der Waals surface area contributed by atoms with Gasteiger partial charge < -0.3 is 24.6 Å². The number of carbonyl (C=O) groups excluding carboxylic acids is 2. The Labute approximate surface area is 152 Å². The molecule has 3 rings (SSSR count). The third kappa shape index (κ3) is 3.33. The number of fused-ring (bicyclic) bond motifs is 1. The number of aromatic amines is 1. The molecule has 3 heterocycles. The lowest BCUT2D eigenvalue weighted by Gasteiger charge is -2.05. The van der Waals surface area contributed by atoms with Crippen LogP contribution in [0.15, 0.2) is 16.7 Å². The van der Waals surface area contributed by atoms with Crippen LogP contribution in [0.5, 0.6) is 0 Å². The van der Waals surface area contributed by atoms with Gasteiger partial charge in [0.2, 0.25) is 5.71 Å². The fraction of sp³-hybridized carbons (Fsp3) is 0.250. The average molecular weight is 379 g/mol. The third-order valence-corrected chi connectivity index (χ3v) is 3.70. The summed E-state index contributed by atoms with van der Waals surface area (Å²) in [6, 6.07) is 1.43. The Hall–Kier alpha value is -3.07. The number of carbonyl (C=O) groups is 2. The number of ether oxygens (including phenoxy) is 2. The minimum Gasteiger partial charge on any atom is -0.462 e. The number of anilines is 1. The fourth-order valence-electron chi connectivity index (χ4n) is 2.39. The van der Waals surface area contributed by atoms with Crippen molar-refractivity contribution in [2.75, 3.05) is 12.3 Å². The molecule has 0 aliphatic heterocycles. The molecule has 0 aliphatic carbocycles. The molecule has 0 fully saturated rings. The smallest absolute Gasteiger partial charge is 0.355 e. The van der Waals surface area contributed by atoms with Crippen LogP contribution in [0.3, 0.4) is 0 Å². The molecule has 3 N–H and O–H groups in total. The number of halogens is 1. The van der Waals surface area contributed by atoms with Gasteiger partial charge in [-0.3, -0.25) is 0 Å². The molecule has 0 amide bonds. The molecular weight excluding hydrogens is 364 g/mol. The van der Waals surface area contributed by atoms with Crippen molar-refractivity contribution in [3.63, 3.8) is 0 Å². The highest BCUT2D eigenvalue weighted by Crippen LogP contribution is 2.29. The topological polar surface area (TPSA) is 133 Å². The van der Waals surface area contributed by atoms with Gasteiger partial charge in [-0.25, -0.2) is 14.6 Å². The summed E-state index contributed by atoms with van der Waals surface area (Å²) in [5, 5.41) is 0.656. The van der Waals surface area contributed by atoms with Crippen molar-refractivity contribution in [1.29, 1.82) is 0 Å². The molecule has 0 saturated carbocycles. The van der Waals surface area contributed by atoms with E-state index in [4.69, 9.17) is 31.2 Å². The number of esters is 2. The second-order valence-electron chi connectivity index (χ2n) is 5.27. The summed E-state index contributed by atoms with van der Waals surface area (Å²) in [5.41, 5.74) is 6.44. The standard InChI is InChI=1S/C16H15ClN4O5/c1-3-24-16(23)11-7(2)26-14-12(11)13(18)20-10(21-14)6-25-15(22)9-4-8(17)5-19-9/h4-5,19H,3,6H2,1-2H3,(H2,18,20,21). The lowest BCUT2D eigenvalue weighted by Crippen LogP contribution is -2.10. The molecule has 0 atom stereocenters. The number of nitrogens with one attached hydrogen (secondary N) is 1. The van der Waals surface area contributed by atoms with Crippen LogP contribution in [0.4, 0.5) is 5.82 Å². The zero-order valence-electron chi connectivity index (χ0n) is 14.0. The predicted molar refractivity (Wildman–Crippen MR) is 91.8 cm³/mol. The van der Waals surface area contributed by atoms with E-state index in [0.717, 1.165) is 0 Å². The SMILES string of the molecule is CCOC(=O)c1c(C)oc2nc(COC(=O)c3cc(Cl)c[nH]3)nc(N)c12. The van der Waals surface area contributed by atoms with Crippen LogP contribution < -0.4 is 5.73 Å². The van der Waals surface area contributed by atoms with E-state index >= 15 is 0 Å². The van der Waals surface area contributed by atoms with Crippen LogP contribution >= 0.6 is 11.6 Å². The van der Waals surface area contributed by atoms with Gasteiger partial charge in [-0.2, -0.15) is 4.98 Å². The molecule has 0 aromatic carbocycles. The molecule has 3 aromatic rings. The van der Waals surface area contributed by atoms with Crippen molar-refractivity contribution < 1.29 is 23.5 Å². The van der Waals surface area contributed by atoms with Gasteiger partial charge in [0.05, 0.1) is 17.0 Å². The Balaban J connectivity index is 1.85. The van der Waals surface area contributed by atoms with E-state index in [1.807, 2.05) is 0 Å². The zero-order chi connectivity index (χ0) is 18.8. The van der Waals surface area contributed by atoms with Crippen molar-refractivity contribution in [3.8, 4) is 0 Å². The Kier molecular flexibility index (Phi) is 4.81. The molecular formula is C16H15ClN4O5. The molecule has 0 aliphatic rings. The Morgan fingerprint density at radius 3 is 2.73 bits per heavy atom. The van der Waals surface area contributed by atoms with E-state index in [2.05, 4.69) is 15.0 Å². The largest absolute Gasteiger partial charge is 0.462 e. The maximum Gasteiger partial charge on any atom is 0.355 e. The van der Waals surface area contributed by atoms with E-state index < -0.39 is 11.9 Å². The van der Waals surface area contributed by atoms with Gasteiger partial charge >= 0.3 is 11.9 Å². The normalized spacial score (nSPS) is 10.9. The van der Waals surface area contributed by atoms with E-state index in [-0.39, 0.29) is 47.2 Å². The predicted octanol–water partition coefficient (Wildman–Crippen LogP) is 2.63. The highest BCUT2D eigenvalue weighted by molar-refractivity contribution is 6.30. The Morgan fingerprint density at radius 1 is 1.31 bits per heavy atom. The molecule has 0 unspecified atom stereocenters. The summed E-state index contributed by atoms with van der Waals surface area (Å²) in [4.78, 5) is 34.9. The van der Waals surface area contributed by atoms with Crippen LogP contribution in [-0.2, 0) is 16.1 Å². The van der Waals surface area contributed by atoms with Gasteiger partial charge in [0.1, 0.15) is 22.8 Å². The van der Waals surface area contributed by atoms with Crippen LogP contribution in [0.2, 0.25) is 5.02 Å². The maximum absolute atomic E-state index is 12.1. The second-order valence-corrected chi connectivity index (χ2v) is 5.70. The van der Waals surface area contributed by atoms with Crippen molar-refractivity contribution in [2.24, 2.45) is 0 Å². The van der Waals surface area contributed by atoms with Crippen molar-refractivity contribution in [3.05, 3.63) is 40.1 Å². The number of aryl methyl sites for hydroxylation is 1. The Morgan fingerprint density at radius 2 is 2.08 bits per heavy atom. The molecule has 136 valence electrons. The molecule has 3 aromatic heterocycles. The molecule has 9 nitrogen and oxygen atoms in total. The Bertz CT molecular complexity index is 994. The van der Waals surface area contributed by atoms with Crippen LogP contribution in [0.1, 0.15) is 39.4 Å². The first-order valence-corrected chi connectivity index (χ1v) is 8.02. The number of rotatable bonds is 5. The number of furan rings is 1. The number of aromatic nitrogens is 3. The molecule has 0 spiro atoms. The lowest BCUT2D eigenvalue weighted by molar-refractivity contribution is 0.0455. The van der Waals surface area contributed by atoms with E-state index in [9.17, 15) is 9.59 Å². The summed E-state index contributed by atoms with van der Waals surface area (Å²) in [7, 11) is 0. The fourth-order valence-corrected chi connectivity index (χ4v) is 2.55. The second kappa shape index (κ2) is 7.04. The minimum atomic E-state index is -0.623. The van der Waals surface area contributed by atoms with Crippen LogP contribution in [0.25, 0.3) is 11.1 Å². The average Bonchev–Trinajstić information content (AvgIpc) is 3.16. The molecule has 0 saturated heterocycles. The quantitative estimate of drug-likeness (QED) is 0.647. The summed E-state index contributed by atoms with van der Waals surface area (Å²) in [5.74, 6) is -0.715. The minimum absolute atomic E-state index is 0.0314. The number of hydrogen-bond acceptors (Lipinski definition) is 8. The van der Waals surface area contributed by atoms with Gasteiger partial charge in [-0.05, 0) is 19.9 Å². The van der Waals surface area contributed by atoms with Crippen molar-refractivity contribution in [1.82, 2.24) is 15.0 Å². The van der Waals surface area contributed by atoms with Crippen molar-refractivity contribution in [2.45, 2.75) is 20.5 Å². The van der Waals surface area contributed by atoms with Crippen molar-refractivity contribution >= 4 is 40.5 Å². The summed E-state index contributed by atoms with van der Waals surface area (Å²) in [6.07, 6.45) is 1.46. The summed E-state index contributed by atoms with van der Waals surface area (Å²) in [6.45, 7) is 3.27. The van der Waals surface area contributed by atoms with Gasteiger partial charge in [0, 0.05) is 6.20 Å². The maximum atomic E-state index is 12.1. The first-order chi connectivity index (χ1) is 12.4. The highest BCUT2D eigenvalue weighted by atomic mass is 35.5. The van der Waals surface area contributed by atoms with Gasteiger partial charge in [-0.1, -0.05) is 11.6 Å². The molecule has 0 bridgehead atoms. The third-order valence-electron chi connectivity index (χ3n) is 3.48. The molecule has 10 heteroatoms. The summed E-state index contributed by atoms with van der Waals surface area (Å²) >= 11 is 5.74. The van der Waals surface area contributed by atoms with Gasteiger partial charge in [0.15, 0.2) is 12.4 Å². The molecule has 26 heavy (non-hydrogen) atoms. The monoisotopic (exact) mass is 378 g/mol. The summed E-state index contributed by atoms with van der Waals surface area (Å²) < 4.78 is 15.6. The molecule has 0 radical (unpaired) electrons. The van der Waals surface area contributed by atoms with Crippen LogP contribution in [-0.4, -0.2) is 33.5 Å². The van der Waals surface area contributed by atoms with Gasteiger partial charge in [0.25, 0.3) is 0 Å². The lowest BCUT2D eigenvalue weighted by atomic mass is 10.2. The van der Waals surface area contributed by atoms with Crippen LogP contribution in [0, 0.1) is 6.92 Å². The zero-order valence-corrected chi connectivity index (χ0v) is 14.7. The van der Waals surface area contributed by atoms with E-state index in [0.29, 0.717) is 10.8 Å². The van der Waals surface area contributed by atoms with E-state index in [1.54, 1.807) is 13.8 Å². The number of nitrogens with two attached hydrogens (primary N) is 1. The number of nitrogen functional groups attached to an aromatic ring is 1. The number of nitrogens with zero attached hydrogens (tertiary/aromatic N) is 2.